The first-order valence-electron chi connectivity index (χ1n) is 10.8. The fraction of sp³-hybridized carbons (Fsp3) is 0.185. The van der Waals surface area contributed by atoms with Gasteiger partial charge in [0, 0.05) is 17.6 Å². The number of amides is 1. The van der Waals surface area contributed by atoms with Crippen LogP contribution in [-0.4, -0.2) is 10.8 Å². The number of nitro groups is 1. The molecule has 3 aromatic carbocycles. The third-order valence-electron chi connectivity index (χ3n) is 5.17. The standard InChI is InChI=1S/C27H24ClN3O4/c1-27(2,3)21-7-11-23(12-8-21)35-25-13-6-19(15-24(25)31(33)34)14-20(16-29)26(32)30-17-18-4-9-22(28)10-5-18/h4-15H,17H2,1-3H3,(H,30,32)/b20-14+. The lowest BCUT2D eigenvalue weighted by molar-refractivity contribution is -0.385. The second-order valence-electron chi connectivity index (χ2n) is 8.84. The van der Waals surface area contributed by atoms with Gasteiger partial charge in [0.25, 0.3) is 5.91 Å². The molecule has 0 saturated carbocycles. The van der Waals surface area contributed by atoms with Gasteiger partial charge in [-0.25, -0.2) is 0 Å². The first-order chi connectivity index (χ1) is 16.6. The Morgan fingerprint density at radius 3 is 2.34 bits per heavy atom. The molecule has 35 heavy (non-hydrogen) atoms. The summed E-state index contributed by atoms with van der Waals surface area (Å²) in [6, 6.07) is 20.4. The zero-order chi connectivity index (χ0) is 25.6. The van der Waals surface area contributed by atoms with Crippen LogP contribution in [0, 0.1) is 21.4 Å². The molecule has 0 bridgehead atoms. The van der Waals surface area contributed by atoms with Gasteiger partial charge < -0.3 is 10.1 Å². The van der Waals surface area contributed by atoms with E-state index >= 15 is 0 Å². The lowest BCUT2D eigenvalue weighted by atomic mass is 9.87. The number of benzene rings is 3. The second-order valence-corrected chi connectivity index (χ2v) is 9.28. The van der Waals surface area contributed by atoms with Crippen LogP contribution in [0.5, 0.6) is 11.5 Å². The van der Waals surface area contributed by atoms with E-state index in [0.29, 0.717) is 16.3 Å². The van der Waals surface area contributed by atoms with E-state index in [1.165, 1.54) is 18.2 Å². The number of carbonyl (C=O) groups excluding carboxylic acids is 1. The minimum Gasteiger partial charge on any atom is -0.450 e. The van der Waals surface area contributed by atoms with Crippen molar-refractivity contribution in [2.75, 3.05) is 0 Å². The maximum Gasteiger partial charge on any atom is 0.312 e. The average Bonchev–Trinajstić information content (AvgIpc) is 2.82. The summed E-state index contributed by atoms with van der Waals surface area (Å²) in [5, 5.41) is 24.3. The highest BCUT2D eigenvalue weighted by atomic mass is 35.5. The summed E-state index contributed by atoms with van der Waals surface area (Å²) in [5.74, 6) is -0.0746. The zero-order valence-corrected chi connectivity index (χ0v) is 20.3. The van der Waals surface area contributed by atoms with Crippen LogP contribution in [0.2, 0.25) is 5.02 Å². The SMILES string of the molecule is CC(C)(C)c1ccc(Oc2ccc(/C=C(\C#N)C(=O)NCc3ccc(Cl)cc3)cc2[N+](=O)[O-])cc1. The van der Waals surface area contributed by atoms with Gasteiger partial charge in [0.15, 0.2) is 0 Å². The molecule has 0 aliphatic heterocycles. The fourth-order valence-electron chi connectivity index (χ4n) is 3.20. The van der Waals surface area contributed by atoms with Crippen LogP contribution in [0.3, 0.4) is 0 Å². The highest BCUT2D eigenvalue weighted by Crippen LogP contribution is 2.34. The van der Waals surface area contributed by atoms with Crippen molar-refractivity contribution in [2.24, 2.45) is 0 Å². The number of hydrogen-bond donors (Lipinski definition) is 1. The monoisotopic (exact) mass is 489 g/mol. The molecule has 8 heteroatoms. The molecule has 0 aliphatic rings. The molecule has 178 valence electrons. The van der Waals surface area contributed by atoms with Gasteiger partial charge in [-0.1, -0.05) is 62.7 Å². The van der Waals surface area contributed by atoms with Gasteiger partial charge in [0.05, 0.1) is 4.92 Å². The van der Waals surface area contributed by atoms with Crippen LogP contribution in [0.15, 0.2) is 72.3 Å². The largest absolute Gasteiger partial charge is 0.450 e. The van der Waals surface area contributed by atoms with E-state index in [4.69, 9.17) is 16.3 Å². The Kier molecular flexibility index (Phi) is 7.90. The van der Waals surface area contributed by atoms with Crippen LogP contribution >= 0.6 is 11.6 Å². The summed E-state index contributed by atoms with van der Waals surface area (Å²) in [6.07, 6.45) is 1.30. The lowest BCUT2D eigenvalue weighted by Gasteiger charge is -2.19. The predicted octanol–water partition coefficient (Wildman–Crippen LogP) is 6.56. The molecule has 0 aromatic heterocycles. The Labute approximate surface area is 208 Å². The molecule has 3 aromatic rings. The predicted molar refractivity (Wildman–Crippen MR) is 135 cm³/mol. The Morgan fingerprint density at radius 2 is 1.77 bits per heavy atom. The van der Waals surface area contributed by atoms with Gasteiger partial charge in [-0.2, -0.15) is 5.26 Å². The van der Waals surface area contributed by atoms with Crippen molar-refractivity contribution in [1.82, 2.24) is 5.32 Å². The molecule has 1 amide bonds. The first-order valence-corrected chi connectivity index (χ1v) is 11.2. The topological polar surface area (TPSA) is 105 Å². The molecule has 0 spiro atoms. The molecular formula is C27H24ClN3O4. The van der Waals surface area contributed by atoms with E-state index in [0.717, 1.165) is 11.1 Å². The number of hydrogen-bond acceptors (Lipinski definition) is 5. The van der Waals surface area contributed by atoms with E-state index in [1.807, 2.05) is 18.2 Å². The number of nitrogens with one attached hydrogen (secondary N) is 1. The number of rotatable bonds is 7. The molecule has 3 rings (SSSR count). The number of halogens is 1. The van der Waals surface area contributed by atoms with E-state index in [9.17, 15) is 20.2 Å². The Balaban J connectivity index is 1.78. The number of nitro benzene ring substituents is 1. The average molecular weight is 490 g/mol. The zero-order valence-electron chi connectivity index (χ0n) is 19.5. The van der Waals surface area contributed by atoms with Crippen molar-refractivity contribution < 1.29 is 14.5 Å². The molecular weight excluding hydrogens is 466 g/mol. The quantitative estimate of drug-likeness (QED) is 0.175. The van der Waals surface area contributed by atoms with Crippen molar-refractivity contribution in [3.05, 3.63) is 104 Å². The molecule has 0 atom stereocenters. The number of carbonyl (C=O) groups is 1. The third kappa shape index (κ3) is 6.92. The first kappa shape index (κ1) is 25.5. The molecule has 0 aliphatic carbocycles. The molecule has 0 radical (unpaired) electrons. The third-order valence-corrected chi connectivity index (χ3v) is 5.42. The van der Waals surface area contributed by atoms with Gasteiger partial charge in [0.2, 0.25) is 5.75 Å². The van der Waals surface area contributed by atoms with Crippen LogP contribution < -0.4 is 10.1 Å². The summed E-state index contributed by atoms with van der Waals surface area (Å²) in [6.45, 7) is 6.48. The number of ether oxygens (including phenoxy) is 1. The maximum absolute atomic E-state index is 12.5. The summed E-state index contributed by atoms with van der Waals surface area (Å²) >= 11 is 5.85. The van der Waals surface area contributed by atoms with Crippen LogP contribution in [0.1, 0.15) is 37.5 Å². The van der Waals surface area contributed by atoms with Gasteiger partial charge in [-0.3, -0.25) is 14.9 Å². The highest BCUT2D eigenvalue weighted by Gasteiger charge is 2.19. The molecule has 7 nitrogen and oxygen atoms in total. The minimum atomic E-state index is -0.593. The number of nitrogens with zero attached hydrogens (tertiary/aromatic N) is 2. The van der Waals surface area contributed by atoms with Crippen molar-refractivity contribution in [3.63, 3.8) is 0 Å². The summed E-state index contributed by atoms with van der Waals surface area (Å²) < 4.78 is 5.75. The maximum atomic E-state index is 12.5. The fourth-order valence-corrected chi connectivity index (χ4v) is 3.32. The summed E-state index contributed by atoms with van der Waals surface area (Å²) in [7, 11) is 0. The van der Waals surface area contributed by atoms with Crippen molar-refractivity contribution in [1.29, 1.82) is 5.26 Å². The summed E-state index contributed by atoms with van der Waals surface area (Å²) in [5.41, 5.74) is 1.76. The number of nitriles is 1. The molecule has 0 fully saturated rings. The Hall–Kier alpha value is -4.15. The van der Waals surface area contributed by atoms with Crippen molar-refractivity contribution in [3.8, 4) is 17.6 Å². The Morgan fingerprint density at radius 1 is 1.11 bits per heavy atom. The van der Waals surface area contributed by atoms with Crippen LogP contribution in [0.25, 0.3) is 6.08 Å². The van der Waals surface area contributed by atoms with Crippen LogP contribution in [0.4, 0.5) is 5.69 Å². The highest BCUT2D eigenvalue weighted by molar-refractivity contribution is 6.30. The summed E-state index contributed by atoms with van der Waals surface area (Å²) in [4.78, 5) is 23.6. The second kappa shape index (κ2) is 10.9. The normalized spacial score (nSPS) is 11.5. The van der Waals surface area contributed by atoms with E-state index in [-0.39, 0.29) is 29.0 Å². The van der Waals surface area contributed by atoms with E-state index in [2.05, 4.69) is 26.1 Å². The van der Waals surface area contributed by atoms with Gasteiger partial charge >= 0.3 is 5.69 Å². The van der Waals surface area contributed by atoms with Gasteiger partial charge in [-0.05, 0) is 58.5 Å². The lowest BCUT2D eigenvalue weighted by Crippen LogP contribution is -2.23. The van der Waals surface area contributed by atoms with Crippen LogP contribution in [-0.2, 0) is 16.8 Å². The Bertz CT molecular complexity index is 1300. The van der Waals surface area contributed by atoms with Crippen molar-refractivity contribution in [2.45, 2.75) is 32.7 Å². The molecule has 0 unspecified atom stereocenters. The molecule has 0 heterocycles. The van der Waals surface area contributed by atoms with Gasteiger partial charge in [-0.15, -0.1) is 0 Å². The van der Waals surface area contributed by atoms with E-state index < -0.39 is 10.8 Å². The molecule has 0 saturated heterocycles. The smallest absolute Gasteiger partial charge is 0.312 e. The minimum absolute atomic E-state index is 0.0297. The van der Waals surface area contributed by atoms with E-state index in [1.54, 1.807) is 42.5 Å². The van der Waals surface area contributed by atoms with Crippen molar-refractivity contribution >= 4 is 29.3 Å². The molecule has 1 N–H and O–H groups in total. The van der Waals surface area contributed by atoms with Gasteiger partial charge in [0.1, 0.15) is 17.4 Å².